The lowest BCUT2D eigenvalue weighted by Gasteiger charge is -2.23. The third-order valence-corrected chi connectivity index (χ3v) is 4.29. The summed E-state index contributed by atoms with van der Waals surface area (Å²) in [5.74, 6) is 0.300. The molecule has 2 rings (SSSR count). The molecule has 5 nitrogen and oxygen atoms in total. The van der Waals surface area contributed by atoms with Gasteiger partial charge in [0.2, 0.25) is 0 Å². The Morgan fingerprint density at radius 2 is 1.74 bits per heavy atom. The maximum atomic E-state index is 11.1. The third kappa shape index (κ3) is 5.30. The van der Waals surface area contributed by atoms with Crippen molar-refractivity contribution >= 4 is 17.6 Å². The largest absolute Gasteiger partial charge is 0.493 e. The van der Waals surface area contributed by atoms with Gasteiger partial charge in [0.05, 0.1) is 17.7 Å². The molecule has 0 aromatic heterocycles. The van der Waals surface area contributed by atoms with E-state index in [-0.39, 0.29) is 28.4 Å². The summed E-state index contributed by atoms with van der Waals surface area (Å²) in [7, 11) is 1.43. The molecule has 0 fully saturated rings. The van der Waals surface area contributed by atoms with Crippen LogP contribution in [0, 0.1) is 6.92 Å². The molecule has 27 heavy (non-hydrogen) atoms. The number of halogens is 1. The van der Waals surface area contributed by atoms with Gasteiger partial charge in [-0.3, -0.25) is 0 Å². The molecule has 0 aliphatic rings. The Hall–Kier alpha value is -2.40. The molecule has 0 unspecified atom stereocenters. The third-order valence-electron chi connectivity index (χ3n) is 4.01. The minimum Gasteiger partial charge on any atom is -0.493 e. The highest BCUT2D eigenvalue weighted by molar-refractivity contribution is 6.32. The number of carboxylic acids is 1. The Labute approximate surface area is 164 Å². The highest BCUT2D eigenvalue weighted by atomic mass is 35.5. The summed E-state index contributed by atoms with van der Waals surface area (Å²) >= 11 is 6.15. The fraction of sp³-hybridized carbons (Fsp3) is 0.381. The number of benzene rings is 2. The molecule has 0 saturated carbocycles. The van der Waals surface area contributed by atoms with Gasteiger partial charge in [0.25, 0.3) is 0 Å². The molecule has 2 aromatic carbocycles. The maximum absolute atomic E-state index is 11.1. The first-order valence-corrected chi connectivity index (χ1v) is 8.99. The monoisotopic (exact) mass is 392 g/mol. The maximum Gasteiger partial charge on any atom is 0.335 e. The molecule has 0 radical (unpaired) electrons. The molecule has 0 bridgehead atoms. The molecule has 2 aromatic rings. The zero-order valence-electron chi connectivity index (χ0n) is 16.3. The lowest BCUT2D eigenvalue weighted by molar-refractivity contribution is 0.0696. The van der Waals surface area contributed by atoms with Crippen LogP contribution in [0.25, 0.3) is 0 Å². The fourth-order valence-corrected chi connectivity index (χ4v) is 2.90. The van der Waals surface area contributed by atoms with Gasteiger partial charge in [-0.1, -0.05) is 50.1 Å². The molecular weight excluding hydrogens is 368 g/mol. The van der Waals surface area contributed by atoms with Crippen LogP contribution in [0.3, 0.4) is 0 Å². The first-order chi connectivity index (χ1) is 12.6. The number of carbonyl (C=O) groups is 1. The van der Waals surface area contributed by atoms with Crippen LogP contribution >= 0.6 is 11.6 Å². The van der Waals surface area contributed by atoms with Gasteiger partial charge in [0.15, 0.2) is 11.5 Å². The second-order valence-corrected chi connectivity index (χ2v) is 7.65. The first-order valence-electron chi connectivity index (χ1n) is 8.61. The van der Waals surface area contributed by atoms with Gasteiger partial charge in [-0.15, -0.1) is 0 Å². The van der Waals surface area contributed by atoms with E-state index in [1.807, 2.05) is 12.1 Å². The minimum absolute atomic E-state index is 0.0370. The predicted octanol–water partition coefficient (Wildman–Crippen LogP) is 5.11. The summed E-state index contributed by atoms with van der Waals surface area (Å²) < 4.78 is 16.8. The van der Waals surface area contributed by atoms with Gasteiger partial charge in [0.1, 0.15) is 19.0 Å². The van der Waals surface area contributed by atoms with Gasteiger partial charge in [-0.25, -0.2) is 4.79 Å². The average molecular weight is 393 g/mol. The van der Waals surface area contributed by atoms with Crippen molar-refractivity contribution in [2.45, 2.75) is 33.1 Å². The minimum atomic E-state index is -1.08. The molecule has 6 heteroatoms. The first kappa shape index (κ1) is 20.9. The summed E-state index contributed by atoms with van der Waals surface area (Å²) in [5, 5.41) is 9.27. The summed E-state index contributed by atoms with van der Waals surface area (Å²) in [5.41, 5.74) is 2.30. The highest BCUT2D eigenvalue weighted by Crippen LogP contribution is 2.36. The number of carboxylic acid groups (broad SMARTS) is 1. The zero-order valence-corrected chi connectivity index (χ0v) is 17.0. The fourth-order valence-electron chi connectivity index (χ4n) is 2.63. The SMILES string of the molecule is COc1cc(C(=O)O)cc(Cl)c1OCCOc1ccc(C)cc1C(C)(C)C. The second kappa shape index (κ2) is 8.53. The van der Waals surface area contributed by atoms with Gasteiger partial charge in [-0.2, -0.15) is 0 Å². The molecular formula is C21H25ClO5. The van der Waals surface area contributed by atoms with E-state index >= 15 is 0 Å². The molecule has 0 aliphatic carbocycles. The molecule has 0 atom stereocenters. The van der Waals surface area contributed by atoms with Crippen molar-refractivity contribution in [2.24, 2.45) is 0 Å². The van der Waals surface area contributed by atoms with E-state index in [4.69, 9.17) is 30.9 Å². The quantitative estimate of drug-likeness (QED) is 0.663. The number of aryl methyl sites for hydroxylation is 1. The van der Waals surface area contributed by atoms with Crippen molar-refractivity contribution in [2.75, 3.05) is 20.3 Å². The van der Waals surface area contributed by atoms with Crippen LogP contribution < -0.4 is 14.2 Å². The van der Waals surface area contributed by atoms with E-state index < -0.39 is 5.97 Å². The Morgan fingerprint density at radius 1 is 1.07 bits per heavy atom. The van der Waals surface area contributed by atoms with E-state index in [0.717, 1.165) is 11.3 Å². The topological polar surface area (TPSA) is 65.0 Å². The second-order valence-electron chi connectivity index (χ2n) is 7.24. The van der Waals surface area contributed by atoms with Gasteiger partial charge in [-0.05, 0) is 36.1 Å². The van der Waals surface area contributed by atoms with Gasteiger partial charge >= 0.3 is 5.97 Å². The number of ether oxygens (including phenoxy) is 3. The van der Waals surface area contributed by atoms with E-state index in [1.165, 1.54) is 24.8 Å². The van der Waals surface area contributed by atoms with Crippen molar-refractivity contribution in [3.05, 3.63) is 52.0 Å². The summed E-state index contributed by atoms with van der Waals surface area (Å²) in [4.78, 5) is 11.1. The van der Waals surface area contributed by atoms with Crippen LogP contribution in [0.4, 0.5) is 0 Å². The number of aromatic carboxylic acids is 1. The van der Waals surface area contributed by atoms with Crippen LogP contribution in [0.15, 0.2) is 30.3 Å². The number of methoxy groups -OCH3 is 1. The van der Waals surface area contributed by atoms with Crippen molar-refractivity contribution in [1.82, 2.24) is 0 Å². The summed E-state index contributed by atoms with van der Waals surface area (Å²) in [6.45, 7) is 9.02. The van der Waals surface area contributed by atoms with Crippen molar-refractivity contribution in [3.63, 3.8) is 0 Å². The van der Waals surface area contributed by atoms with Crippen LogP contribution in [0.5, 0.6) is 17.2 Å². The van der Waals surface area contributed by atoms with E-state index in [9.17, 15) is 4.79 Å². The molecule has 1 N–H and O–H groups in total. The lowest BCUT2D eigenvalue weighted by Crippen LogP contribution is -2.16. The normalized spacial score (nSPS) is 11.2. The summed E-state index contributed by atoms with van der Waals surface area (Å²) in [6, 6.07) is 8.81. The summed E-state index contributed by atoms with van der Waals surface area (Å²) in [6.07, 6.45) is 0. The van der Waals surface area contributed by atoms with Crippen LogP contribution in [0.2, 0.25) is 5.02 Å². The Kier molecular flexibility index (Phi) is 6.60. The van der Waals surface area contributed by atoms with Crippen molar-refractivity contribution in [3.8, 4) is 17.2 Å². The van der Waals surface area contributed by atoms with Crippen molar-refractivity contribution < 1.29 is 24.1 Å². The standard InChI is InChI=1S/C21H25ClO5/c1-13-6-7-17(15(10-13)21(2,3)4)26-8-9-27-19-16(22)11-14(20(23)24)12-18(19)25-5/h6-7,10-12H,8-9H2,1-5H3,(H,23,24). The van der Waals surface area contributed by atoms with E-state index in [0.29, 0.717) is 12.4 Å². The van der Waals surface area contributed by atoms with Crippen LogP contribution in [-0.4, -0.2) is 31.4 Å². The molecule has 146 valence electrons. The van der Waals surface area contributed by atoms with Gasteiger partial charge < -0.3 is 19.3 Å². The van der Waals surface area contributed by atoms with Gasteiger partial charge in [0, 0.05) is 0 Å². The Bertz CT molecular complexity index is 824. The molecule has 0 spiro atoms. The van der Waals surface area contributed by atoms with E-state index in [1.54, 1.807) is 0 Å². The predicted molar refractivity (Wildman–Crippen MR) is 106 cm³/mol. The number of hydrogen-bond donors (Lipinski definition) is 1. The zero-order chi connectivity index (χ0) is 20.2. The molecule has 0 saturated heterocycles. The van der Waals surface area contributed by atoms with E-state index in [2.05, 4.69) is 33.8 Å². The molecule has 0 aliphatic heterocycles. The lowest BCUT2D eigenvalue weighted by atomic mass is 9.85. The highest BCUT2D eigenvalue weighted by Gasteiger charge is 2.19. The van der Waals surface area contributed by atoms with Crippen molar-refractivity contribution in [1.29, 1.82) is 0 Å². The number of hydrogen-bond acceptors (Lipinski definition) is 4. The molecule has 0 heterocycles. The van der Waals surface area contributed by atoms with Crippen LogP contribution in [-0.2, 0) is 5.41 Å². The number of rotatable bonds is 7. The smallest absolute Gasteiger partial charge is 0.335 e. The Balaban J connectivity index is 2.07. The Morgan fingerprint density at radius 3 is 2.33 bits per heavy atom. The molecule has 0 amide bonds. The average Bonchev–Trinajstić information content (AvgIpc) is 2.59. The van der Waals surface area contributed by atoms with Crippen LogP contribution in [0.1, 0.15) is 42.3 Å².